The maximum absolute atomic E-state index is 4.20. The number of hydrogen-bond donors (Lipinski definition) is 0. The van der Waals surface area contributed by atoms with E-state index in [4.69, 9.17) is 0 Å². The quantitative estimate of drug-likeness (QED) is 0.444. The van der Waals surface area contributed by atoms with Gasteiger partial charge in [0.25, 0.3) is 0 Å². The van der Waals surface area contributed by atoms with Crippen molar-refractivity contribution in [2.24, 2.45) is 10.9 Å². The Bertz CT molecular complexity index is 246. The molecule has 0 heterocycles. The first-order valence-electron chi connectivity index (χ1n) is 4.31. The fourth-order valence-corrected chi connectivity index (χ4v) is 1.39. The van der Waals surface area contributed by atoms with E-state index in [2.05, 4.69) is 18.2 Å². The molecule has 0 radical (unpaired) electrons. The smallest absolute Gasteiger partial charge is 0.0361 e. The number of rotatable bonds is 4. The summed E-state index contributed by atoms with van der Waals surface area (Å²) in [6.07, 6.45) is 6.92. The lowest BCUT2D eigenvalue weighted by atomic mass is 9.78. The van der Waals surface area contributed by atoms with Crippen LogP contribution >= 0.6 is 0 Å². The van der Waals surface area contributed by atoms with Crippen molar-refractivity contribution in [3.05, 3.63) is 36.5 Å². The van der Waals surface area contributed by atoms with Crippen LogP contribution in [-0.4, -0.2) is 12.8 Å². The average Bonchev–Trinajstić information content (AvgIpc) is 2.04. The second kappa shape index (κ2) is 4.05. The van der Waals surface area contributed by atoms with Gasteiger partial charge < -0.3 is 0 Å². The fourth-order valence-electron chi connectivity index (χ4n) is 1.39. The highest BCUT2D eigenvalue weighted by atomic mass is 14.7. The molecule has 1 rings (SSSR count). The maximum Gasteiger partial charge on any atom is 0.0361 e. The summed E-state index contributed by atoms with van der Waals surface area (Å²) >= 11 is 0. The van der Waals surface area contributed by atoms with Crippen molar-refractivity contribution in [3.63, 3.8) is 0 Å². The Morgan fingerprint density at radius 1 is 1.58 bits per heavy atom. The molecule has 0 aromatic carbocycles. The summed E-state index contributed by atoms with van der Waals surface area (Å²) in [5, 5.41) is 0. The average molecular weight is 161 g/mol. The fraction of sp³-hybridized carbons (Fsp3) is 0.364. The zero-order chi connectivity index (χ0) is 8.97. The molecule has 0 saturated carbocycles. The molecule has 0 saturated heterocycles. The van der Waals surface area contributed by atoms with Gasteiger partial charge in [0, 0.05) is 18.7 Å². The van der Waals surface area contributed by atoms with Gasteiger partial charge in [0.2, 0.25) is 0 Å². The third kappa shape index (κ3) is 1.55. The molecule has 1 atom stereocenters. The van der Waals surface area contributed by atoms with Crippen LogP contribution in [0.25, 0.3) is 0 Å². The summed E-state index contributed by atoms with van der Waals surface area (Å²) < 4.78 is 0. The minimum Gasteiger partial charge on any atom is -0.293 e. The molecule has 0 aromatic heterocycles. The van der Waals surface area contributed by atoms with Gasteiger partial charge in [0.05, 0.1) is 0 Å². The van der Waals surface area contributed by atoms with Crippen molar-refractivity contribution in [3.8, 4) is 0 Å². The predicted octanol–water partition coefficient (Wildman–Crippen LogP) is 2.77. The lowest BCUT2D eigenvalue weighted by molar-refractivity contribution is 0.697. The van der Waals surface area contributed by atoms with E-state index < -0.39 is 0 Å². The number of hydrogen-bond acceptors (Lipinski definition) is 1. The van der Waals surface area contributed by atoms with Crippen LogP contribution in [0.15, 0.2) is 41.4 Å². The van der Waals surface area contributed by atoms with Crippen LogP contribution in [0.4, 0.5) is 0 Å². The van der Waals surface area contributed by atoms with E-state index in [-0.39, 0.29) is 0 Å². The van der Waals surface area contributed by atoms with Crippen LogP contribution in [0.3, 0.4) is 0 Å². The molecular formula is C11H15N. The Balaban J connectivity index is 2.71. The second-order valence-electron chi connectivity index (χ2n) is 2.86. The van der Waals surface area contributed by atoms with Gasteiger partial charge >= 0.3 is 0 Å². The molecule has 12 heavy (non-hydrogen) atoms. The van der Waals surface area contributed by atoms with E-state index in [9.17, 15) is 0 Å². The first kappa shape index (κ1) is 8.98. The Labute approximate surface area is 74.2 Å². The van der Waals surface area contributed by atoms with Crippen molar-refractivity contribution in [2.45, 2.75) is 13.3 Å². The van der Waals surface area contributed by atoms with E-state index in [1.54, 1.807) is 0 Å². The molecule has 0 aromatic rings. The van der Waals surface area contributed by atoms with Gasteiger partial charge in [0.15, 0.2) is 0 Å². The molecule has 0 spiro atoms. The highest BCUT2D eigenvalue weighted by molar-refractivity contribution is 5.83. The van der Waals surface area contributed by atoms with Crippen molar-refractivity contribution in [1.82, 2.24) is 0 Å². The third-order valence-corrected chi connectivity index (χ3v) is 2.14. The molecule has 0 fully saturated rings. The lowest BCUT2D eigenvalue weighted by Crippen LogP contribution is -2.15. The van der Waals surface area contributed by atoms with Crippen LogP contribution in [0.5, 0.6) is 0 Å². The van der Waals surface area contributed by atoms with E-state index >= 15 is 0 Å². The van der Waals surface area contributed by atoms with Gasteiger partial charge in [-0.25, -0.2) is 0 Å². The highest BCUT2D eigenvalue weighted by Crippen LogP contribution is 2.34. The minimum atomic E-state index is 0.515. The lowest BCUT2D eigenvalue weighted by Gasteiger charge is -2.27. The summed E-state index contributed by atoms with van der Waals surface area (Å²) in [7, 11) is 0. The summed E-state index contributed by atoms with van der Waals surface area (Å²) in [6.45, 7) is 10.4. The molecule has 64 valence electrons. The standard InChI is InChI=1S/C11H15N/c1-4-9-7-10(8-12-6-3)11(9)5-2/h4-5,8-9H,1-2,6-7H2,3H3. The summed E-state index contributed by atoms with van der Waals surface area (Å²) in [5.41, 5.74) is 2.61. The first-order valence-corrected chi connectivity index (χ1v) is 4.31. The van der Waals surface area contributed by atoms with E-state index in [1.165, 1.54) is 11.1 Å². The van der Waals surface area contributed by atoms with Crippen molar-refractivity contribution in [1.29, 1.82) is 0 Å². The van der Waals surface area contributed by atoms with Crippen LogP contribution in [-0.2, 0) is 0 Å². The van der Waals surface area contributed by atoms with Gasteiger partial charge in [-0.15, -0.1) is 6.58 Å². The molecule has 0 aliphatic heterocycles. The normalized spacial score (nSPS) is 22.6. The topological polar surface area (TPSA) is 12.4 Å². The molecule has 1 heteroatoms. The first-order chi connectivity index (χ1) is 5.83. The Hall–Kier alpha value is -1.11. The molecular weight excluding hydrogens is 146 g/mol. The summed E-state index contributed by atoms with van der Waals surface area (Å²) in [4.78, 5) is 4.20. The minimum absolute atomic E-state index is 0.515. The van der Waals surface area contributed by atoms with Crippen LogP contribution in [0.2, 0.25) is 0 Å². The Morgan fingerprint density at radius 2 is 2.33 bits per heavy atom. The Morgan fingerprint density at radius 3 is 2.83 bits per heavy atom. The predicted molar refractivity (Wildman–Crippen MR) is 54.6 cm³/mol. The molecule has 1 aliphatic rings. The van der Waals surface area contributed by atoms with Gasteiger partial charge in [0.1, 0.15) is 0 Å². The maximum atomic E-state index is 4.20. The molecule has 0 amide bonds. The molecule has 1 aliphatic carbocycles. The van der Waals surface area contributed by atoms with Crippen molar-refractivity contribution >= 4 is 6.21 Å². The zero-order valence-corrected chi connectivity index (χ0v) is 7.59. The largest absolute Gasteiger partial charge is 0.293 e. The molecule has 1 unspecified atom stereocenters. The van der Waals surface area contributed by atoms with Crippen LogP contribution in [0, 0.1) is 5.92 Å². The number of allylic oxidation sites excluding steroid dienone is 4. The monoisotopic (exact) mass is 161 g/mol. The van der Waals surface area contributed by atoms with Crippen LogP contribution in [0.1, 0.15) is 13.3 Å². The van der Waals surface area contributed by atoms with Gasteiger partial charge in [-0.05, 0) is 24.5 Å². The van der Waals surface area contributed by atoms with Crippen LogP contribution < -0.4 is 0 Å². The van der Waals surface area contributed by atoms with E-state index in [1.807, 2.05) is 25.3 Å². The van der Waals surface area contributed by atoms with Gasteiger partial charge in [-0.2, -0.15) is 0 Å². The summed E-state index contributed by atoms with van der Waals surface area (Å²) in [5.74, 6) is 0.515. The van der Waals surface area contributed by atoms with Crippen molar-refractivity contribution < 1.29 is 0 Å². The SMILES string of the molecule is C=CC1=C(C=NCC)CC1C=C. The third-order valence-electron chi connectivity index (χ3n) is 2.14. The highest BCUT2D eigenvalue weighted by Gasteiger charge is 2.22. The van der Waals surface area contributed by atoms with E-state index in [0.717, 1.165) is 13.0 Å². The van der Waals surface area contributed by atoms with Gasteiger partial charge in [-0.1, -0.05) is 18.7 Å². The Kier molecular flexibility index (Phi) is 3.03. The zero-order valence-electron chi connectivity index (χ0n) is 7.59. The number of nitrogens with zero attached hydrogens (tertiary/aromatic N) is 1. The van der Waals surface area contributed by atoms with E-state index in [0.29, 0.717) is 5.92 Å². The van der Waals surface area contributed by atoms with Crippen molar-refractivity contribution in [2.75, 3.05) is 6.54 Å². The summed E-state index contributed by atoms with van der Waals surface area (Å²) in [6, 6.07) is 0. The molecule has 0 N–H and O–H groups in total. The molecule has 0 bridgehead atoms. The number of aliphatic imine (C=N–C) groups is 1. The second-order valence-corrected chi connectivity index (χ2v) is 2.86. The van der Waals surface area contributed by atoms with Gasteiger partial charge in [-0.3, -0.25) is 4.99 Å². The molecule has 1 nitrogen and oxygen atoms in total.